The lowest BCUT2D eigenvalue weighted by atomic mass is 9.97. The quantitative estimate of drug-likeness (QED) is 0.384. The lowest BCUT2D eigenvalue weighted by Crippen LogP contribution is -2.55. The third-order valence-electron chi connectivity index (χ3n) is 5.77. The number of carbonyl (C=O) groups excluding carboxylic acids is 1. The number of amides is 1. The molecule has 0 aliphatic carbocycles. The van der Waals surface area contributed by atoms with Gasteiger partial charge in [-0.05, 0) is 30.3 Å². The van der Waals surface area contributed by atoms with Crippen LogP contribution >= 0.6 is 35.0 Å². The monoisotopic (exact) mass is 574 g/mol. The third-order valence-corrected chi connectivity index (χ3v) is 7.58. The van der Waals surface area contributed by atoms with Crippen LogP contribution in [0.3, 0.4) is 0 Å². The fourth-order valence-electron chi connectivity index (χ4n) is 3.87. The van der Waals surface area contributed by atoms with E-state index in [4.69, 9.17) is 27.9 Å². The topological polar surface area (TPSA) is 121 Å². The average Bonchev–Trinajstić information content (AvgIpc) is 3.33. The summed E-state index contributed by atoms with van der Waals surface area (Å²) in [6.45, 7) is -0.588. The highest BCUT2D eigenvalue weighted by molar-refractivity contribution is 8.00. The van der Waals surface area contributed by atoms with E-state index in [1.54, 1.807) is 32.3 Å². The van der Waals surface area contributed by atoms with Crippen LogP contribution in [-0.2, 0) is 4.74 Å². The lowest BCUT2D eigenvalue weighted by Gasteiger charge is -2.41. The van der Waals surface area contributed by atoms with Crippen molar-refractivity contribution in [3.8, 4) is 11.3 Å². The Morgan fingerprint density at radius 2 is 1.84 bits per heavy atom. The molecule has 0 bridgehead atoms. The van der Waals surface area contributed by atoms with E-state index in [-0.39, 0.29) is 17.2 Å². The first-order valence-electron chi connectivity index (χ1n) is 10.9. The van der Waals surface area contributed by atoms with Gasteiger partial charge in [0.15, 0.2) is 0 Å². The summed E-state index contributed by atoms with van der Waals surface area (Å²) < 4.78 is 34.8. The summed E-state index contributed by atoms with van der Waals surface area (Å²) >= 11 is 12.7. The van der Waals surface area contributed by atoms with Crippen molar-refractivity contribution in [2.45, 2.75) is 34.7 Å². The molecule has 1 aliphatic heterocycles. The first-order valence-corrected chi connectivity index (χ1v) is 12.5. The highest BCUT2D eigenvalue weighted by atomic mass is 35.5. The summed E-state index contributed by atoms with van der Waals surface area (Å²) in [5.41, 5.74) is -0.667. The second-order valence-corrected chi connectivity index (χ2v) is 10.4. The van der Waals surface area contributed by atoms with Crippen LogP contribution < -0.4 is 0 Å². The Kier molecular flexibility index (Phi) is 8.38. The number of rotatable bonds is 6. The summed E-state index contributed by atoms with van der Waals surface area (Å²) in [5.74, 6) is -2.28. The van der Waals surface area contributed by atoms with E-state index < -0.39 is 53.1 Å². The van der Waals surface area contributed by atoms with Crippen molar-refractivity contribution in [1.29, 1.82) is 0 Å². The molecule has 1 aliphatic rings. The number of hydrogen-bond donors (Lipinski definition) is 3. The molecule has 14 heteroatoms. The molecule has 0 radical (unpaired) electrons. The minimum Gasteiger partial charge on any atom is -0.394 e. The summed E-state index contributed by atoms with van der Waals surface area (Å²) in [6.07, 6.45) is -2.68. The molecule has 198 valence electrons. The lowest BCUT2D eigenvalue weighted by molar-refractivity contribution is -0.178. The molecule has 4 rings (SSSR count). The molecule has 0 spiro atoms. The molecule has 37 heavy (non-hydrogen) atoms. The number of aromatic nitrogens is 3. The molecule has 2 heterocycles. The van der Waals surface area contributed by atoms with Gasteiger partial charge in [-0.1, -0.05) is 40.2 Å². The Labute approximate surface area is 224 Å². The van der Waals surface area contributed by atoms with Gasteiger partial charge >= 0.3 is 0 Å². The highest BCUT2D eigenvalue weighted by Crippen LogP contribution is 2.40. The van der Waals surface area contributed by atoms with E-state index in [1.807, 2.05) is 0 Å². The van der Waals surface area contributed by atoms with Crippen molar-refractivity contribution in [3.63, 3.8) is 0 Å². The first kappa shape index (κ1) is 27.7. The van der Waals surface area contributed by atoms with Gasteiger partial charge in [0, 0.05) is 29.6 Å². The zero-order chi connectivity index (χ0) is 27.0. The van der Waals surface area contributed by atoms with Crippen LogP contribution in [0.2, 0.25) is 10.0 Å². The summed E-state index contributed by atoms with van der Waals surface area (Å²) in [4.78, 5) is 14.5. The molecule has 0 saturated carbocycles. The molecular weight excluding hydrogens is 553 g/mol. The number of hydrogen-bond acceptors (Lipinski definition) is 8. The predicted molar refractivity (Wildman–Crippen MR) is 133 cm³/mol. The Morgan fingerprint density at radius 1 is 1.16 bits per heavy atom. The first-order chi connectivity index (χ1) is 17.5. The SMILES string of the molecule is CN(C)C(=O)c1ccc(Cl)cc1S[C@H]1OC(CO)[C@H](O)C(n2cc(-c3cc(F)c(Cl)c(F)c3)nn2)C1O. The highest BCUT2D eigenvalue weighted by Gasteiger charge is 2.46. The second-order valence-electron chi connectivity index (χ2n) is 8.49. The van der Waals surface area contributed by atoms with Crippen molar-refractivity contribution in [2.24, 2.45) is 0 Å². The van der Waals surface area contributed by atoms with Gasteiger partial charge in [-0.15, -0.1) is 5.10 Å². The van der Waals surface area contributed by atoms with Gasteiger partial charge in [0.25, 0.3) is 5.91 Å². The minimum absolute atomic E-state index is 0.0390. The number of nitrogens with zero attached hydrogens (tertiary/aromatic N) is 4. The van der Waals surface area contributed by atoms with Crippen LogP contribution in [0.1, 0.15) is 16.4 Å². The Balaban J connectivity index is 1.67. The van der Waals surface area contributed by atoms with Gasteiger partial charge in [0.05, 0.1) is 18.4 Å². The zero-order valence-electron chi connectivity index (χ0n) is 19.4. The van der Waals surface area contributed by atoms with Crippen molar-refractivity contribution in [1.82, 2.24) is 19.9 Å². The molecule has 1 fully saturated rings. The number of aliphatic hydroxyl groups excluding tert-OH is 3. The Hall–Kier alpha value is -2.32. The molecule has 2 aromatic carbocycles. The molecule has 9 nitrogen and oxygen atoms in total. The maximum absolute atomic E-state index is 13.9. The normalized spacial score (nSPS) is 23.8. The molecule has 5 atom stereocenters. The van der Waals surface area contributed by atoms with Crippen LogP contribution in [0.25, 0.3) is 11.3 Å². The van der Waals surface area contributed by atoms with Crippen LogP contribution in [0.5, 0.6) is 0 Å². The van der Waals surface area contributed by atoms with Crippen molar-refractivity contribution in [2.75, 3.05) is 20.7 Å². The Bertz CT molecular complexity index is 1290. The smallest absolute Gasteiger partial charge is 0.254 e. The second kappa shape index (κ2) is 11.2. The van der Waals surface area contributed by atoms with Crippen LogP contribution in [-0.4, -0.2) is 85.6 Å². The van der Waals surface area contributed by atoms with E-state index in [0.717, 1.165) is 28.6 Å². The molecule has 1 amide bonds. The van der Waals surface area contributed by atoms with Gasteiger partial charge in [0.2, 0.25) is 0 Å². The summed E-state index contributed by atoms with van der Waals surface area (Å²) in [5, 5.41) is 39.4. The van der Waals surface area contributed by atoms with E-state index >= 15 is 0 Å². The van der Waals surface area contributed by atoms with E-state index in [2.05, 4.69) is 10.3 Å². The number of ether oxygens (including phenoxy) is 1. The van der Waals surface area contributed by atoms with Crippen molar-refractivity contribution >= 4 is 40.9 Å². The maximum atomic E-state index is 13.9. The van der Waals surface area contributed by atoms with Gasteiger partial charge in [0.1, 0.15) is 52.1 Å². The maximum Gasteiger partial charge on any atom is 0.254 e. The summed E-state index contributed by atoms with van der Waals surface area (Å²) in [7, 11) is 3.18. The van der Waals surface area contributed by atoms with Gasteiger partial charge in [-0.3, -0.25) is 4.79 Å². The van der Waals surface area contributed by atoms with Gasteiger partial charge in [-0.25, -0.2) is 13.5 Å². The number of halogens is 4. The number of carbonyl (C=O) groups is 1. The van der Waals surface area contributed by atoms with Crippen LogP contribution in [0.4, 0.5) is 8.78 Å². The number of thioether (sulfide) groups is 1. The fraction of sp³-hybridized carbons (Fsp3) is 0.348. The fourth-order valence-corrected chi connectivity index (χ4v) is 5.44. The Morgan fingerprint density at radius 3 is 2.46 bits per heavy atom. The van der Waals surface area contributed by atoms with E-state index in [0.29, 0.717) is 15.5 Å². The number of benzene rings is 2. The van der Waals surface area contributed by atoms with Crippen LogP contribution in [0.15, 0.2) is 41.4 Å². The molecule has 1 aromatic heterocycles. The van der Waals surface area contributed by atoms with E-state index in [1.165, 1.54) is 11.1 Å². The zero-order valence-corrected chi connectivity index (χ0v) is 21.8. The largest absolute Gasteiger partial charge is 0.394 e. The molecule has 3 aromatic rings. The summed E-state index contributed by atoms with van der Waals surface area (Å²) in [6, 6.07) is 5.45. The van der Waals surface area contributed by atoms with Crippen molar-refractivity contribution in [3.05, 3.63) is 63.8 Å². The minimum atomic E-state index is -1.42. The molecule has 1 saturated heterocycles. The van der Waals surface area contributed by atoms with Crippen LogP contribution in [0, 0.1) is 11.6 Å². The molecule has 3 unspecified atom stereocenters. The third kappa shape index (κ3) is 5.60. The number of aliphatic hydroxyl groups is 3. The van der Waals surface area contributed by atoms with E-state index in [9.17, 15) is 28.9 Å². The molecular formula is C23H22Cl2F2N4O5S. The van der Waals surface area contributed by atoms with Gasteiger partial charge in [-0.2, -0.15) is 0 Å². The average molecular weight is 575 g/mol. The standard InChI is InChI=1S/C23H22Cl2F2N4O5S/c1-30(2)22(35)12-4-3-11(24)7-17(12)37-23-21(34)19(20(33)16(9-32)36-23)31-8-15(28-29-31)10-5-13(26)18(25)14(27)6-10/h3-8,16,19-21,23,32-34H,9H2,1-2H3/t16?,19?,20-,21?,23+/m0/s1. The molecule has 3 N–H and O–H groups in total. The van der Waals surface area contributed by atoms with Gasteiger partial charge < -0.3 is 25.0 Å². The predicted octanol–water partition coefficient (Wildman–Crippen LogP) is 3.00. The van der Waals surface area contributed by atoms with Crippen molar-refractivity contribution < 1.29 is 33.6 Å².